The van der Waals surface area contributed by atoms with Crippen molar-refractivity contribution in [1.29, 1.82) is 0 Å². The number of nitrogens with one attached hydrogen (secondary N) is 1. The van der Waals surface area contributed by atoms with Gasteiger partial charge in [0.2, 0.25) is 0 Å². The summed E-state index contributed by atoms with van der Waals surface area (Å²) in [5, 5.41) is 2.93. The summed E-state index contributed by atoms with van der Waals surface area (Å²) in [6, 6.07) is 22.0. The maximum atomic E-state index is 12.4. The zero-order chi connectivity index (χ0) is 17.6. The molecule has 3 aromatic rings. The van der Waals surface area contributed by atoms with Crippen molar-refractivity contribution in [2.45, 2.75) is 13.1 Å². The summed E-state index contributed by atoms with van der Waals surface area (Å²) < 4.78 is 0.731. The van der Waals surface area contributed by atoms with E-state index in [1.54, 1.807) is 11.9 Å². The van der Waals surface area contributed by atoms with Crippen molar-refractivity contribution in [1.82, 2.24) is 10.2 Å². The van der Waals surface area contributed by atoms with Gasteiger partial charge >= 0.3 is 6.03 Å². The average molecular weight is 371 g/mol. The number of thiophene rings is 1. The van der Waals surface area contributed by atoms with Gasteiger partial charge in [-0.05, 0) is 28.8 Å². The molecule has 2 amide bonds. The summed E-state index contributed by atoms with van der Waals surface area (Å²) in [6.45, 7) is 1.03. The van der Waals surface area contributed by atoms with E-state index in [1.807, 2.05) is 42.5 Å². The zero-order valence-electron chi connectivity index (χ0n) is 13.9. The topological polar surface area (TPSA) is 32.3 Å². The van der Waals surface area contributed by atoms with E-state index < -0.39 is 0 Å². The Morgan fingerprint density at radius 1 is 1.04 bits per heavy atom. The van der Waals surface area contributed by atoms with Gasteiger partial charge in [0.1, 0.15) is 0 Å². The quantitative estimate of drug-likeness (QED) is 0.639. The molecule has 0 aliphatic carbocycles. The molecule has 0 aliphatic heterocycles. The number of halogens is 1. The van der Waals surface area contributed by atoms with Crippen molar-refractivity contribution in [3.8, 4) is 11.1 Å². The number of rotatable bonds is 5. The Kier molecular flexibility index (Phi) is 5.74. The largest absolute Gasteiger partial charge is 0.333 e. The third-order valence-electron chi connectivity index (χ3n) is 3.90. The maximum absolute atomic E-state index is 12.4. The molecule has 128 valence electrons. The fourth-order valence-corrected chi connectivity index (χ4v) is 3.66. The van der Waals surface area contributed by atoms with Crippen molar-refractivity contribution in [3.05, 3.63) is 81.5 Å². The van der Waals surface area contributed by atoms with E-state index in [0.717, 1.165) is 25.9 Å². The highest BCUT2D eigenvalue weighted by atomic mass is 35.5. The van der Waals surface area contributed by atoms with Crippen molar-refractivity contribution >= 4 is 29.0 Å². The number of carbonyl (C=O) groups is 1. The standard InChI is InChI=1S/C20H19ClN2OS/c1-23(20(24)22-13-17-11-12-19(21)25-17)14-16-9-5-6-10-18(16)15-7-3-2-4-8-15/h2-12H,13-14H2,1H3,(H,22,24). The first-order chi connectivity index (χ1) is 12.1. The monoisotopic (exact) mass is 370 g/mol. The van der Waals surface area contributed by atoms with E-state index in [-0.39, 0.29) is 6.03 Å². The van der Waals surface area contributed by atoms with Crippen molar-refractivity contribution in [3.63, 3.8) is 0 Å². The number of carbonyl (C=O) groups excluding carboxylic acids is 1. The third-order valence-corrected chi connectivity index (χ3v) is 5.13. The molecule has 0 radical (unpaired) electrons. The molecule has 3 nitrogen and oxygen atoms in total. The minimum atomic E-state index is -0.104. The van der Waals surface area contributed by atoms with E-state index in [4.69, 9.17) is 11.6 Å². The molecule has 1 N–H and O–H groups in total. The van der Waals surface area contributed by atoms with Crippen LogP contribution in [-0.4, -0.2) is 18.0 Å². The molecule has 3 rings (SSSR count). The lowest BCUT2D eigenvalue weighted by Crippen LogP contribution is -2.36. The number of hydrogen-bond donors (Lipinski definition) is 1. The van der Waals surface area contributed by atoms with Gasteiger partial charge in [0.25, 0.3) is 0 Å². The van der Waals surface area contributed by atoms with E-state index >= 15 is 0 Å². The summed E-state index contributed by atoms with van der Waals surface area (Å²) in [5.41, 5.74) is 3.42. The predicted molar refractivity (Wildman–Crippen MR) is 105 cm³/mol. The van der Waals surface area contributed by atoms with Gasteiger partial charge in [-0.3, -0.25) is 0 Å². The molecule has 0 spiro atoms. The fraction of sp³-hybridized carbons (Fsp3) is 0.150. The molecule has 0 saturated carbocycles. The van der Waals surface area contributed by atoms with E-state index in [1.165, 1.54) is 11.3 Å². The Labute approximate surface area is 156 Å². The molecule has 0 atom stereocenters. The molecule has 1 aromatic heterocycles. The van der Waals surface area contributed by atoms with Crippen LogP contribution in [0.1, 0.15) is 10.4 Å². The van der Waals surface area contributed by atoms with Crippen LogP contribution in [0.15, 0.2) is 66.7 Å². The van der Waals surface area contributed by atoms with Gasteiger partial charge in [-0.25, -0.2) is 4.79 Å². The minimum absolute atomic E-state index is 0.104. The molecule has 0 fully saturated rings. The third kappa shape index (κ3) is 4.62. The second-order valence-electron chi connectivity index (χ2n) is 5.74. The van der Waals surface area contributed by atoms with Crippen LogP contribution in [0, 0.1) is 0 Å². The molecular formula is C20H19ClN2OS. The van der Waals surface area contributed by atoms with E-state index in [2.05, 4.69) is 29.6 Å². The number of nitrogens with zero attached hydrogens (tertiary/aromatic N) is 1. The lowest BCUT2D eigenvalue weighted by Gasteiger charge is -2.20. The number of amides is 2. The summed E-state index contributed by atoms with van der Waals surface area (Å²) in [7, 11) is 1.80. The van der Waals surface area contributed by atoms with Crippen LogP contribution in [0.25, 0.3) is 11.1 Å². The molecule has 2 aromatic carbocycles. The Morgan fingerprint density at radius 2 is 1.76 bits per heavy atom. The number of urea groups is 1. The number of benzene rings is 2. The van der Waals surface area contributed by atoms with Gasteiger partial charge in [-0.1, -0.05) is 66.2 Å². The predicted octanol–water partition coefficient (Wildman–Crippen LogP) is 5.41. The van der Waals surface area contributed by atoms with Gasteiger partial charge in [0, 0.05) is 18.5 Å². The number of hydrogen-bond acceptors (Lipinski definition) is 2. The normalized spacial score (nSPS) is 10.5. The summed E-state index contributed by atoms with van der Waals surface area (Å²) in [6.07, 6.45) is 0. The van der Waals surface area contributed by atoms with Crippen LogP contribution in [0.5, 0.6) is 0 Å². The molecule has 25 heavy (non-hydrogen) atoms. The zero-order valence-corrected chi connectivity index (χ0v) is 15.5. The molecule has 1 heterocycles. The van der Waals surface area contributed by atoms with Gasteiger partial charge in [-0.15, -0.1) is 11.3 Å². The highest BCUT2D eigenvalue weighted by Gasteiger charge is 2.12. The first-order valence-corrected chi connectivity index (χ1v) is 9.19. The van der Waals surface area contributed by atoms with Crippen LogP contribution in [-0.2, 0) is 13.1 Å². The Hall–Kier alpha value is -2.30. The first-order valence-electron chi connectivity index (χ1n) is 8.00. The second-order valence-corrected chi connectivity index (χ2v) is 7.54. The molecule has 0 bridgehead atoms. The molecule has 0 unspecified atom stereocenters. The van der Waals surface area contributed by atoms with Gasteiger partial charge in [0.05, 0.1) is 10.9 Å². The summed E-state index contributed by atoms with van der Waals surface area (Å²) >= 11 is 7.39. The van der Waals surface area contributed by atoms with Crippen LogP contribution < -0.4 is 5.32 Å². The van der Waals surface area contributed by atoms with Crippen LogP contribution in [0.4, 0.5) is 4.79 Å². The van der Waals surface area contributed by atoms with Crippen LogP contribution in [0.2, 0.25) is 4.34 Å². The lowest BCUT2D eigenvalue weighted by molar-refractivity contribution is 0.206. The van der Waals surface area contributed by atoms with Crippen LogP contribution in [0.3, 0.4) is 0 Å². The van der Waals surface area contributed by atoms with E-state index in [0.29, 0.717) is 13.1 Å². The van der Waals surface area contributed by atoms with Crippen molar-refractivity contribution < 1.29 is 4.79 Å². The SMILES string of the molecule is CN(Cc1ccccc1-c1ccccc1)C(=O)NCc1ccc(Cl)s1. The Bertz CT molecular complexity index is 848. The molecule has 5 heteroatoms. The lowest BCUT2D eigenvalue weighted by atomic mass is 9.99. The first kappa shape index (κ1) is 17.5. The van der Waals surface area contributed by atoms with Gasteiger partial charge in [-0.2, -0.15) is 0 Å². The fourth-order valence-electron chi connectivity index (χ4n) is 2.63. The molecular weight excluding hydrogens is 352 g/mol. The van der Waals surface area contributed by atoms with Gasteiger partial charge in [0.15, 0.2) is 0 Å². The van der Waals surface area contributed by atoms with Crippen molar-refractivity contribution in [2.24, 2.45) is 0 Å². The van der Waals surface area contributed by atoms with E-state index in [9.17, 15) is 4.79 Å². The highest BCUT2D eigenvalue weighted by Crippen LogP contribution is 2.24. The minimum Gasteiger partial charge on any atom is -0.333 e. The second kappa shape index (κ2) is 8.19. The van der Waals surface area contributed by atoms with Gasteiger partial charge < -0.3 is 10.2 Å². The molecule has 0 saturated heterocycles. The molecule has 0 aliphatic rings. The highest BCUT2D eigenvalue weighted by molar-refractivity contribution is 7.16. The van der Waals surface area contributed by atoms with Crippen molar-refractivity contribution in [2.75, 3.05) is 7.05 Å². The average Bonchev–Trinajstić information content (AvgIpc) is 3.06. The Balaban J connectivity index is 1.66. The van der Waals surface area contributed by atoms with Crippen LogP contribution >= 0.6 is 22.9 Å². The Morgan fingerprint density at radius 3 is 2.48 bits per heavy atom. The summed E-state index contributed by atoms with van der Waals surface area (Å²) in [5.74, 6) is 0. The summed E-state index contributed by atoms with van der Waals surface area (Å²) in [4.78, 5) is 15.1. The smallest absolute Gasteiger partial charge is 0.317 e. The maximum Gasteiger partial charge on any atom is 0.317 e.